The summed E-state index contributed by atoms with van der Waals surface area (Å²) in [6, 6.07) is 11.3. The average molecular weight is 446 g/mol. The minimum absolute atomic E-state index is 0.0553. The van der Waals surface area contributed by atoms with E-state index in [1.165, 1.54) is 13.5 Å². The normalized spacial score (nSPS) is 14.1. The van der Waals surface area contributed by atoms with Crippen molar-refractivity contribution in [2.45, 2.75) is 32.7 Å². The van der Waals surface area contributed by atoms with E-state index in [1.807, 2.05) is 29.7 Å². The van der Waals surface area contributed by atoms with Crippen LogP contribution in [0.4, 0.5) is 4.79 Å². The molecule has 8 heteroatoms. The zero-order valence-corrected chi connectivity index (χ0v) is 18.9. The number of nitrogens with zero attached hydrogens (tertiary/aromatic N) is 4. The molecule has 0 saturated carbocycles. The predicted molar refractivity (Wildman–Crippen MR) is 124 cm³/mol. The van der Waals surface area contributed by atoms with Crippen LogP contribution in [0.25, 0.3) is 16.7 Å². The van der Waals surface area contributed by atoms with Crippen LogP contribution in [0.1, 0.15) is 46.4 Å². The second-order valence-electron chi connectivity index (χ2n) is 8.27. The Hall–Kier alpha value is -3.70. The maximum atomic E-state index is 13.4. The molecule has 0 aliphatic carbocycles. The lowest BCUT2D eigenvalue weighted by atomic mass is 10.1. The predicted octanol–water partition coefficient (Wildman–Crippen LogP) is 3.73. The SMILES string of the molecule is COC(=O)NCc1cnc2c(C(=O)CN3CCCCC3)c(C)n(-c3ccc(C#N)cc3)c2c1. The van der Waals surface area contributed by atoms with E-state index in [0.29, 0.717) is 23.2 Å². The number of Topliss-reactive ketones (excluding diaryl/α,β-unsaturated/α-hetero) is 1. The molecule has 1 N–H and O–H groups in total. The number of nitriles is 1. The van der Waals surface area contributed by atoms with Gasteiger partial charge in [-0.05, 0) is 68.8 Å². The maximum absolute atomic E-state index is 13.4. The van der Waals surface area contributed by atoms with E-state index >= 15 is 0 Å². The fraction of sp³-hybridized carbons (Fsp3) is 0.360. The Morgan fingerprint density at radius 1 is 1.18 bits per heavy atom. The molecule has 3 heterocycles. The first-order chi connectivity index (χ1) is 16.0. The summed E-state index contributed by atoms with van der Waals surface area (Å²) in [7, 11) is 1.32. The number of amides is 1. The number of ketones is 1. The summed E-state index contributed by atoms with van der Waals surface area (Å²) in [6.07, 6.45) is 4.61. The van der Waals surface area contributed by atoms with Crippen LogP contribution < -0.4 is 5.32 Å². The van der Waals surface area contributed by atoms with Gasteiger partial charge in [-0.25, -0.2) is 4.79 Å². The number of methoxy groups -OCH3 is 1. The van der Waals surface area contributed by atoms with Crippen LogP contribution in [0.2, 0.25) is 0 Å². The standard InChI is InChI=1S/C25H27N5O3/c1-17-23(22(31)16-29-10-4-3-5-11-29)24-21(12-19(14-27-24)15-28-25(32)33-2)30(17)20-8-6-18(13-26)7-9-20/h6-9,12,14H,3-5,10-11,15-16H2,1-2H3,(H,28,32). The molecule has 1 aromatic carbocycles. The summed E-state index contributed by atoms with van der Waals surface area (Å²) >= 11 is 0. The first-order valence-electron chi connectivity index (χ1n) is 11.1. The molecule has 1 fully saturated rings. The second-order valence-corrected chi connectivity index (χ2v) is 8.27. The molecular formula is C25H27N5O3. The van der Waals surface area contributed by atoms with E-state index in [9.17, 15) is 9.59 Å². The third-order valence-electron chi connectivity index (χ3n) is 6.07. The fourth-order valence-corrected chi connectivity index (χ4v) is 4.42. The zero-order valence-electron chi connectivity index (χ0n) is 18.9. The molecule has 1 aliphatic rings. The number of rotatable bonds is 6. The molecule has 4 rings (SSSR count). The Bertz CT molecular complexity index is 1220. The van der Waals surface area contributed by atoms with Gasteiger partial charge in [-0.1, -0.05) is 6.42 Å². The maximum Gasteiger partial charge on any atom is 0.407 e. The number of likely N-dealkylation sites (tertiary alicyclic amines) is 1. The number of carbonyl (C=O) groups is 2. The number of hydrogen-bond donors (Lipinski definition) is 1. The molecule has 0 spiro atoms. The molecule has 8 nitrogen and oxygen atoms in total. The highest BCUT2D eigenvalue weighted by Gasteiger charge is 2.24. The lowest BCUT2D eigenvalue weighted by Gasteiger charge is -2.25. The van der Waals surface area contributed by atoms with Crippen LogP contribution in [0.15, 0.2) is 36.5 Å². The largest absolute Gasteiger partial charge is 0.453 e. The number of pyridine rings is 1. The van der Waals surface area contributed by atoms with Crippen LogP contribution in [-0.4, -0.2) is 53.1 Å². The van der Waals surface area contributed by atoms with Crippen LogP contribution >= 0.6 is 0 Å². The van der Waals surface area contributed by atoms with Gasteiger partial charge < -0.3 is 14.6 Å². The van der Waals surface area contributed by atoms with Crippen LogP contribution in [0.5, 0.6) is 0 Å². The summed E-state index contributed by atoms with van der Waals surface area (Å²) in [5, 5.41) is 11.8. The number of hydrogen-bond acceptors (Lipinski definition) is 6. The Labute approximate surface area is 192 Å². The number of piperidine rings is 1. The lowest BCUT2D eigenvalue weighted by Crippen LogP contribution is -2.34. The Kier molecular flexibility index (Phi) is 6.71. The number of benzene rings is 1. The lowest BCUT2D eigenvalue weighted by molar-refractivity contribution is 0.0916. The molecule has 1 aliphatic heterocycles. The average Bonchev–Trinajstić information content (AvgIpc) is 3.14. The van der Waals surface area contributed by atoms with E-state index < -0.39 is 6.09 Å². The van der Waals surface area contributed by atoms with Gasteiger partial charge in [-0.3, -0.25) is 14.7 Å². The highest BCUT2D eigenvalue weighted by atomic mass is 16.5. The molecule has 33 heavy (non-hydrogen) atoms. The topological polar surface area (TPSA) is 100 Å². The van der Waals surface area contributed by atoms with E-state index in [0.717, 1.165) is 48.4 Å². The van der Waals surface area contributed by atoms with Gasteiger partial charge in [0.2, 0.25) is 0 Å². The van der Waals surface area contributed by atoms with Crippen molar-refractivity contribution in [2.24, 2.45) is 0 Å². The highest BCUT2D eigenvalue weighted by molar-refractivity contribution is 6.09. The van der Waals surface area contributed by atoms with Crippen molar-refractivity contribution in [1.82, 2.24) is 19.8 Å². The van der Waals surface area contributed by atoms with E-state index in [4.69, 9.17) is 5.26 Å². The van der Waals surface area contributed by atoms with Crippen LogP contribution in [0.3, 0.4) is 0 Å². The fourth-order valence-electron chi connectivity index (χ4n) is 4.42. The number of aromatic nitrogens is 2. The minimum Gasteiger partial charge on any atom is -0.453 e. The molecule has 0 bridgehead atoms. The molecule has 0 radical (unpaired) electrons. The van der Waals surface area contributed by atoms with Crippen molar-refractivity contribution >= 4 is 22.9 Å². The van der Waals surface area contributed by atoms with E-state index in [1.54, 1.807) is 18.3 Å². The van der Waals surface area contributed by atoms with Crippen LogP contribution in [-0.2, 0) is 11.3 Å². The first kappa shape index (κ1) is 22.5. The van der Waals surface area contributed by atoms with Crippen molar-refractivity contribution in [3.05, 3.63) is 58.9 Å². The van der Waals surface area contributed by atoms with Gasteiger partial charge in [0.25, 0.3) is 0 Å². The van der Waals surface area contributed by atoms with Crippen molar-refractivity contribution in [2.75, 3.05) is 26.7 Å². The minimum atomic E-state index is -0.522. The summed E-state index contributed by atoms with van der Waals surface area (Å²) < 4.78 is 6.64. The summed E-state index contributed by atoms with van der Waals surface area (Å²) in [4.78, 5) is 31.8. The second kappa shape index (κ2) is 9.84. The van der Waals surface area contributed by atoms with Gasteiger partial charge in [-0.15, -0.1) is 0 Å². The summed E-state index contributed by atoms with van der Waals surface area (Å²) in [5.74, 6) is 0.0553. The number of nitrogens with one attached hydrogen (secondary N) is 1. The smallest absolute Gasteiger partial charge is 0.407 e. The highest BCUT2D eigenvalue weighted by Crippen LogP contribution is 2.29. The Morgan fingerprint density at radius 3 is 2.58 bits per heavy atom. The Morgan fingerprint density at radius 2 is 1.91 bits per heavy atom. The monoisotopic (exact) mass is 445 g/mol. The number of alkyl carbamates (subject to hydrolysis) is 1. The van der Waals surface area contributed by atoms with Crippen molar-refractivity contribution in [1.29, 1.82) is 5.26 Å². The van der Waals surface area contributed by atoms with Crippen molar-refractivity contribution < 1.29 is 14.3 Å². The van der Waals surface area contributed by atoms with Crippen LogP contribution in [0, 0.1) is 18.3 Å². The molecule has 1 amide bonds. The number of carbonyl (C=O) groups excluding carboxylic acids is 2. The molecular weight excluding hydrogens is 418 g/mol. The zero-order chi connectivity index (χ0) is 23.4. The van der Waals surface area contributed by atoms with Crippen molar-refractivity contribution in [3.8, 4) is 11.8 Å². The molecule has 0 atom stereocenters. The van der Waals surface area contributed by atoms with Gasteiger partial charge in [0, 0.05) is 24.1 Å². The van der Waals surface area contributed by atoms with Gasteiger partial charge in [0.15, 0.2) is 5.78 Å². The van der Waals surface area contributed by atoms with Gasteiger partial charge in [0.05, 0.1) is 41.9 Å². The van der Waals surface area contributed by atoms with E-state index in [-0.39, 0.29) is 12.3 Å². The molecule has 1 saturated heterocycles. The number of ether oxygens (including phenoxy) is 1. The van der Waals surface area contributed by atoms with Gasteiger partial charge in [-0.2, -0.15) is 5.26 Å². The summed E-state index contributed by atoms with van der Waals surface area (Å²) in [6.45, 7) is 4.44. The quantitative estimate of drug-likeness (QED) is 0.581. The number of fused-ring (bicyclic) bond motifs is 1. The van der Waals surface area contributed by atoms with E-state index in [2.05, 4.69) is 26.0 Å². The molecule has 0 unspecified atom stereocenters. The Balaban J connectivity index is 1.78. The molecule has 170 valence electrons. The summed E-state index contributed by atoms with van der Waals surface area (Å²) in [5.41, 5.74) is 5.04. The molecule has 3 aromatic rings. The van der Waals surface area contributed by atoms with Crippen molar-refractivity contribution in [3.63, 3.8) is 0 Å². The van der Waals surface area contributed by atoms with Gasteiger partial charge in [0.1, 0.15) is 0 Å². The third kappa shape index (κ3) is 4.73. The third-order valence-corrected chi connectivity index (χ3v) is 6.07. The first-order valence-corrected chi connectivity index (χ1v) is 11.1. The van der Waals surface area contributed by atoms with Gasteiger partial charge >= 0.3 is 6.09 Å². The molecule has 2 aromatic heterocycles.